The highest BCUT2D eigenvalue weighted by atomic mass is 28.4. The minimum atomic E-state index is -1.48. The predicted octanol–water partition coefficient (Wildman–Crippen LogP) is 5.29. The Hall–Kier alpha value is -0.603. The molecule has 0 atom stereocenters. The number of benzene rings is 1. The van der Waals surface area contributed by atoms with E-state index in [0.717, 1.165) is 6.61 Å². The summed E-state index contributed by atoms with van der Waals surface area (Å²) in [4.78, 5) is 0. The Morgan fingerprint density at radius 2 is 1.68 bits per heavy atom. The van der Waals surface area contributed by atoms with E-state index in [0.29, 0.717) is 0 Å². The van der Waals surface area contributed by atoms with Gasteiger partial charge in [0, 0.05) is 12.0 Å². The van der Waals surface area contributed by atoms with Gasteiger partial charge in [-0.05, 0) is 31.6 Å². The maximum absolute atomic E-state index is 6.32. The summed E-state index contributed by atoms with van der Waals surface area (Å²) in [7, 11) is -1.48. The summed E-state index contributed by atoms with van der Waals surface area (Å²) < 4.78 is 6.32. The highest BCUT2D eigenvalue weighted by Gasteiger charge is 2.27. The van der Waals surface area contributed by atoms with Gasteiger partial charge in [-0.2, -0.15) is 0 Å². The van der Waals surface area contributed by atoms with E-state index in [1.54, 1.807) is 0 Å². The van der Waals surface area contributed by atoms with Gasteiger partial charge in [0.05, 0.1) is 0 Å². The number of rotatable bonds is 7. The average molecular weight is 279 g/mol. The van der Waals surface area contributed by atoms with Crippen LogP contribution in [0.25, 0.3) is 0 Å². The maximum Gasteiger partial charge on any atom is 0.186 e. The predicted molar refractivity (Wildman–Crippen MR) is 87.4 cm³/mol. The molecule has 108 valence electrons. The SMILES string of the molecule is CCCC[Si](C)(C)OCC(C)(C)c1ccc(C)cc1. The molecule has 0 N–H and O–H groups in total. The van der Waals surface area contributed by atoms with E-state index < -0.39 is 8.32 Å². The molecule has 0 saturated carbocycles. The van der Waals surface area contributed by atoms with Gasteiger partial charge in [-0.3, -0.25) is 0 Å². The maximum atomic E-state index is 6.32. The van der Waals surface area contributed by atoms with Crippen LogP contribution in [-0.2, 0) is 9.84 Å². The van der Waals surface area contributed by atoms with E-state index in [1.165, 1.54) is 30.0 Å². The van der Waals surface area contributed by atoms with E-state index in [2.05, 4.69) is 65.1 Å². The third kappa shape index (κ3) is 5.49. The Bertz CT molecular complexity index is 379. The summed E-state index contributed by atoms with van der Waals surface area (Å²) in [5.41, 5.74) is 2.79. The van der Waals surface area contributed by atoms with Crippen molar-refractivity contribution in [3.05, 3.63) is 35.4 Å². The van der Waals surface area contributed by atoms with E-state index >= 15 is 0 Å². The number of unbranched alkanes of at least 4 members (excludes halogenated alkanes) is 1. The smallest absolute Gasteiger partial charge is 0.186 e. The van der Waals surface area contributed by atoms with Crippen LogP contribution >= 0.6 is 0 Å². The highest BCUT2D eigenvalue weighted by molar-refractivity contribution is 6.71. The van der Waals surface area contributed by atoms with Crippen LogP contribution in [0.1, 0.15) is 44.7 Å². The summed E-state index contributed by atoms with van der Waals surface area (Å²) >= 11 is 0. The van der Waals surface area contributed by atoms with Crippen molar-refractivity contribution in [1.82, 2.24) is 0 Å². The molecule has 0 bridgehead atoms. The Morgan fingerprint density at radius 1 is 1.11 bits per heavy atom. The largest absolute Gasteiger partial charge is 0.416 e. The van der Waals surface area contributed by atoms with Crippen molar-refractivity contribution in [3.63, 3.8) is 0 Å². The normalized spacial score (nSPS) is 12.7. The fourth-order valence-corrected chi connectivity index (χ4v) is 4.24. The first-order valence-corrected chi connectivity index (χ1v) is 10.6. The molecule has 0 aromatic heterocycles. The fourth-order valence-electron chi connectivity index (χ4n) is 2.14. The standard InChI is InChI=1S/C17H30OSi/c1-7-8-13-19(5,6)18-14-17(3,4)16-11-9-15(2)10-12-16/h9-12H,7-8,13-14H2,1-6H3. The van der Waals surface area contributed by atoms with Crippen molar-refractivity contribution in [2.24, 2.45) is 0 Å². The minimum absolute atomic E-state index is 0.101. The number of hydrogen-bond donors (Lipinski definition) is 0. The second-order valence-electron chi connectivity index (χ2n) is 6.90. The van der Waals surface area contributed by atoms with Gasteiger partial charge in [0.25, 0.3) is 0 Å². The number of aryl methyl sites for hydroxylation is 1. The van der Waals surface area contributed by atoms with Gasteiger partial charge >= 0.3 is 0 Å². The molecule has 0 aliphatic rings. The second kappa shape index (κ2) is 6.71. The molecule has 0 heterocycles. The Labute approximate surface area is 120 Å². The molecule has 2 heteroatoms. The Balaban J connectivity index is 2.62. The molecule has 0 fully saturated rings. The third-order valence-electron chi connectivity index (χ3n) is 3.79. The first-order valence-electron chi connectivity index (χ1n) is 7.48. The summed E-state index contributed by atoms with van der Waals surface area (Å²) in [6.07, 6.45) is 2.56. The van der Waals surface area contributed by atoms with E-state index in [4.69, 9.17) is 4.43 Å². The van der Waals surface area contributed by atoms with Gasteiger partial charge in [0.1, 0.15) is 0 Å². The van der Waals surface area contributed by atoms with Crippen molar-refractivity contribution in [1.29, 1.82) is 0 Å². The molecule has 0 spiro atoms. The van der Waals surface area contributed by atoms with E-state index in [1.807, 2.05) is 0 Å². The highest BCUT2D eigenvalue weighted by Crippen LogP contribution is 2.26. The van der Waals surface area contributed by atoms with Crippen LogP contribution in [0.5, 0.6) is 0 Å². The van der Waals surface area contributed by atoms with Crippen LogP contribution in [0.4, 0.5) is 0 Å². The van der Waals surface area contributed by atoms with Gasteiger partial charge in [0.2, 0.25) is 0 Å². The minimum Gasteiger partial charge on any atom is -0.416 e. The molecule has 1 aromatic rings. The first-order chi connectivity index (χ1) is 8.77. The molecule has 1 rings (SSSR count). The van der Waals surface area contributed by atoms with Crippen LogP contribution in [0, 0.1) is 6.92 Å². The summed E-state index contributed by atoms with van der Waals surface area (Å²) in [6.45, 7) is 14.5. The molecule has 0 amide bonds. The van der Waals surface area contributed by atoms with E-state index in [-0.39, 0.29) is 5.41 Å². The molecule has 0 aliphatic heterocycles. The summed E-state index contributed by atoms with van der Waals surface area (Å²) in [6, 6.07) is 10.1. The van der Waals surface area contributed by atoms with Crippen molar-refractivity contribution in [3.8, 4) is 0 Å². The fraction of sp³-hybridized carbons (Fsp3) is 0.647. The van der Waals surface area contributed by atoms with Crippen molar-refractivity contribution >= 4 is 8.32 Å². The summed E-state index contributed by atoms with van der Waals surface area (Å²) in [5, 5.41) is 0. The van der Waals surface area contributed by atoms with Crippen LogP contribution in [0.3, 0.4) is 0 Å². The molecule has 19 heavy (non-hydrogen) atoms. The molecule has 1 nitrogen and oxygen atoms in total. The Morgan fingerprint density at radius 3 is 2.21 bits per heavy atom. The molecular formula is C17H30OSi. The van der Waals surface area contributed by atoms with Crippen molar-refractivity contribution < 1.29 is 4.43 Å². The van der Waals surface area contributed by atoms with Gasteiger partial charge in [-0.15, -0.1) is 0 Å². The van der Waals surface area contributed by atoms with Crippen LogP contribution in [0.2, 0.25) is 19.1 Å². The van der Waals surface area contributed by atoms with Crippen LogP contribution in [-0.4, -0.2) is 14.9 Å². The molecule has 0 saturated heterocycles. The zero-order valence-corrected chi connectivity index (χ0v) is 14.5. The second-order valence-corrected chi connectivity index (χ2v) is 11.2. The lowest BCUT2D eigenvalue weighted by atomic mass is 9.85. The average Bonchev–Trinajstić information content (AvgIpc) is 2.35. The molecule has 0 unspecified atom stereocenters. The van der Waals surface area contributed by atoms with Gasteiger partial charge < -0.3 is 4.43 Å². The zero-order chi connectivity index (χ0) is 14.5. The molecule has 0 radical (unpaired) electrons. The quantitative estimate of drug-likeness (QED) is 0.615. The summed E-state index contributed by atoms with van der Waals surface area (Å²) in [5.74, 6) is 0. The van der Waals surface area contributed by atoms with Gasteiger partial charge in [-0.25, -0.2) is 0 Å². The zero-order valence-electron chi connectivity index (χ0n) is 13.5. The van der Waals surface area contributed by atoms with Crippen LogP contribution in [0.15, 0.2) is 24.3 Å². The Kier molecular flexibility index (Phi) is 5.81. The molecule has 1 aromatic carbocycles. The lowest BCUT2D eigenvalue weighted by Gasteiger charge is -2.31. The molecular weight excluding hydrogens is 248 g/mol. The first kappa shape index (κ1) is 16.5. The lowest BCUT2D eigenvalue weighted by molar-refractivity contribution is 0.231. The topological polar surface area (TPSA) is 9.23 Å². The van der Waals surface area contributed by atoms with Gasteiger partial charge in [0.15, 0.2) is 8.32 Å². The van der Waals surface area contributed by atoms with Crippen molar-refractivity contribution in [2.45, 2.75) is 65.1 Å². The lowest BCUT2D eigenvalue weighted by Crippen LogP contribution is -2.36. The van der Waals surface area contributed by atoms with E-state index in [9.17, 15) is 0 Å². The van der Waals surface area contributed by atoms with Crippen molar-refractivity contribution in [2.75, 3.05) is 6.61 Å². The monoisotopic (exact) mass is 278 g/mol. The van der Waals surface area contributed by atoms with Crippen LogP contribution < -0.4 is 0 Å². The molecule has 0 aliphatic carbocycles. The third-order valence-corrected chi connectivity index (χ3v) is 6.27. The van der Waals surface area contributed by atoms with Gasteiger partial charge in [-0.1, -0.05) is 63.4 Å². The number of hydrogen-bond acceptors (Lipinski definition) is 1.